The fourth-order valence-electron chi connectivity index (χ4n) is 5.50. The number of hydrogen-bond donors (Lipinski definition) is 0. The smallest absolute Gasteiger partial charge is 0.135 e. The lowest BCUT2D eigenvalue weighted by Crippen LogP contribution is -1.88. The number of benzene rings is 7. The molecule has 0 spiro atoms. The normalized spacial score (nSPS) is 14.0. The molecule has 0 N–H and O–H groups in total. The predicted octanol–water partition coefficient (Wildman–Crippen LogP) is 9.82. The molecule has 0 amide bonds. The molecule has 0 aliphatic rings. The van der Waals surface area contributed by atoms with Crippen LogP contribution in [0, 0.1) is 0 Å². The first kappa shape index (κ1) is 14.6. The van der Waals surface area contributed by atoms with Gasteiger partial charge in [-0.25, -0.2) is 0 Å². The Kier molecular flexibility index (Phi) is 2.90. The van der Waals surface area contributed by atoms with Crippen molar-refractivity contribution < 1.29 is 11.3 Å². The van der Waals surface area contributed by atoms with E-state index in [1.54, 1.807) is 0 Å². The van der Waals surface area contributed by atoms with Gasteiger partial charge < -0.3 is 4.42 Å². The summed E-state index contributed by atoms with van der Waals surface area (Å²) in [6, 6.07) is 29.5. The van der Waals surface area contributed by atoms with Gasteiger partial charge in [-0.05, 0) is 84.9 Å². The van der Waals surface area contributed by atoms with E-state index >= 15 is 0 Å². The minimum absolute atomic E-state index is 0.191. The Morgan fingerprint density at radius 2 is 1.23 bits per heavy atom. The fourth-order valence-corrected chi connectivity index (χ4v) is 5.50. The van der Waals surface area contributed by atoms with Gasteiger partial charge in [0.05, 0.1) is 6.85 Å². The lowest BCUT2D eigenvalue weighted by atomic mass is 9.88. The molecule has 1 aromatic heterocycles. The number of furan rings is 1. The summed E-state index contributed by atoms with van der Waals surface area (Å²) in [5.74, 6) is 0. The number of hydrogen-bond acceptors (Lipinski definition) is 1. The topological polar surface area (TPSA) is 13.1 Å². The molecule has 0 saturated heterocycles. The van der Waals surface area contributed by atoms with Crippen molar-refractivity contribution in [2.75, 3.05) is 0 Å². The first-order valence-electron chi connectivity index (χ1n) is 14.1. The van der Waals surface area contributed by atoms with E-state index in [0.717, 1.165) is 65.4 Å². The van der Waals surface area contributed by atoms with Gasteiger partial charge in [0, 0.05) is 10.8 Å². The summed E-state index contributed by atoms with van der Waals surface area (Å²) in [5.41, 5.74) is 4.81. The number of fused-ring (bicyclic) bond motifs is 3. The second-order valence-corrected chi connectivity index (χ2v) is 9.00. The van der Waals surface area contributed by atoms with E-state index in [2.05, 4.69) is 48.5 Å². The monoisotopic (exact) mass is 449 g/mol. The van der Waals surface area contributed by atoms with Gasteiger partial charge in [0.2, 0.25) is 0 Å². The molecule has 8 aromatic rings. The zero-order valence-electron chi connectivity index (χ0n) is 23.6. The SMILES string of the molecule is [2H]c1c([2H])c([2H])c(-c2cc3ccc4ccc(-c5ccc6oc7ccccc7c6c5)c5ccc(c2)c3c45)c([2H])c1[2H]. The Hall–Kier alpha value is -4.62. The molecule has 1 nitrogen and oxygen atoms in total. The molecular weight excluding hydrogens is 424 g/mol. The van der Waals surface area contributed by atoms with Gasteiger partial charge in [0.25, 0.3) is 0 Å². The highest BCUT2D eigenvalue weighted by molar-refractivity contribution is 6.26. The maximum absolute atomic E-state index is 8.47. The van der Waals surface area contributed by atoms with Crippen LogP contribution in [0.3, 0.4) is 0 Å². The average molecular weight is 450 g/mol. The lowest BCUT2D eigenvalue weighted by molar-refractivity contribution is 0.669. The summed E-state index contributed by atoms with van der Waals surface area (Å²) >= 11 is 0. The Morgan fingerprint density at radius 3 is 2.11 bits per heavy atom. The van der Waals surface area contributed by atoms with Gasteiger partial charge in [-0.3, -0.25) is 0 Å². The second kappa shape index (κ2) is 6.94. The molecule has 1 heterocycles. The summed E-state index contributed by atoms with van der Waals surface area (Å²) in [6.45, 7) is 0. The molecule has 162 valence electrons. The molecule has 7 aromatic carbocycles. The van der Waals surface area contributed by atoms with Crippen molar-refractivity contribution in [2.45, 2.75) is 0 Å². The van der Waals surface area contributed by atoms with Crippen LogP contribution in [0.4, 0.5) is 0 Å². The highest BCUT2D eigenvalue weighted by Gasteiger charge is 2.15. The van der Waals surface area contributed by atoms with Crippen LogP contribution in [-0.4, -0.2) is 0 Å². The molecular formula is C34H20O. The van der Waals surface area contributed by atoms with Crippen molar-refractivity contribution in [2.24, 2.45) is 0 Å². The van der Waals surface area contributed by atoms with Crippen molar-refractivity contribution in [3.8, 4) is 22.3 Å². The molecule has 0 atom stereocenters. The molecule has 0 aliphatic carbocycles. The number of rotatable bonds is 2. The second-order valence-electron chi connectivity index (χ2n) is 9.00. The summed E-state index contributed by atoms with van der Waals surface area (Å²) in [6.07, 6.45) is 0. The molecule has 0 radical (unpaired) electrons. The van der Waals surface area contributed by atoms with Crippen LogP contribution in [-0.2, 0) is 0 Å². The van der Waals surface area contributed by atoms with Crippen LogP contribution in [0.1, 0.15) is 6.85 Å². The maximum atomic E-state index is 8.47. The summed E-state index contributed by atoms with van der Waals surface area (Å²) in [4.78, 5) is 0. The maximum Gasteiger partial charge on any atom is 0.135 e. The summed E-state index contributed by atoms with van der Waals surface area (Å²) in [5, 5.41) is 8.62. The highest BCUT2D eigenvalue weighted by atomic mass is 16.3. The lowest BCUT2D eigenvalue weighted by Gasteiger charge is -2.15. The molecule has 0 fully saturated rings. The zero-order valence-corrected chi connectivity index (χ0v) is 18.6. The van der Waals surface area contributed by atoms with Crippen LogP contribution in [0.2, 0.25) is 0 Å². The van der Waals surface area contributed by atoms with Gasteiger partial charge in [-0.2, -0.15) is 0 Å². The van der Waals surface area contributed by atoms with Gasteiger partial charge in [-0.15, -0.1) is 0 Å². The molecule has 0 bridgehead atoms. The molecule has 1 heteroatoms. The molecule has 0 saturated carbocycles. The third kappa shape index (κ3) is 2.70. The third-order valence-corrected chi connectivity index (χ3v) is 7.08. The van der Waals surface area contributed by atoms with Crippen LogP contribution >= 0.6 is 0 Å². The van der Waals surface area contributed by atoms with E-state index < -0.39 is 0 Å². The van der Waals surface area contributed by atoms with Crippen LogP contribution < -0.4 is 0 Å². The van der Waals surface area contributed by atoms with Crippen molar-refractivity contribution >= 4 is 54.3 Å². The largest absolute Gasteiger partial charge is 0.456 e. The standard InChI is InChI=1S/C34H20O/c1-2-6-21(7-3-1)26-18-24-11-10-22-12-15-27(29-16-13-25(19-26)33(24)34(22)29)23-14-17-32-30(20-23)28-8-4-5-9-31(28)35-32/h1-20H/i1D,2D,3D,6D,7D. The van der Waals surface area contributed by atoms with Crippen LogP contribution in [0.25, 0.3) is 76.5 Å². The van der Waals surface area contributed by atoms with E-state index in [4.69, 9.17) is 11.3 Å². The van der Waals surface area contributed by atoms with Crippen molar-refractivity contribution in [1.82, 2.24) is 0 Å². The highest BCUT2D eigenvalue weighted by Crippen LogP contribution is 2.42. The fraction of sp³-hybridized carbons (Fsp3) is 0. The van der Waals surface area contributed by atoms with Crippen molar-refractivity contribution in [1.29, 1.82) is 0 Å². The summed E-state index contributed by atoms with van der Waals surface area (Å²) in [7, 11) is 0. The van der Waals surface area contributed by atoms with Gasteiger partial charge in [0.15, 0.2) is 0 Å². The van der Waals surface area contributed by atoms with E-state index in [1.165, 1.54) is 0 Å². The number of para-hydroxylation sites is 1. The summed E-state index contributed by atoms with van der Waals surface area (Å²) < 4.78 is 47.2. The van der Waals surface area contributed by atoms with Crippen LogP contribution in [0.15, 0.2) is 126 Å². The first-order valence-corrected chi connectivity index (χ1v) is 11.6. The first-order chi connectivity index (χ1) is 19.4. The van der Waals surface area contributed by atoms with E-state index in [1.807, 2.05) is 42.5 Å². The third-order valence-electron chi connectivity index (χ3n) is 7.08. The Labute approximate surface area is 209 Å². The molecule has 0 aliphatic heterocycles. The Bertz CT molecular complexity index is 2290. The van der Waals surface area contributed by atoms with Gasteiger partial charge in [-0.1, -0.05) is 90.9 Å². The van der Waals surface area contributed by atoms with Crippen molar-refractivity contribution in [3.63, 3.8) is 0 Å². The minimum Gasteiger partial charge on any atom is -0.456 e. The molecule has 0 unspecified atom stereocenters. The zero-order chi connectivity index (χ0) is 27.3. The van der Waals surface area contributed by atoms with Crippen LogP contribution in [0.5, 0.6) is 0 Å². The van der Waals surface area contributed by atoms with Crippen molar-refractivity contribution in [3.05, 3.63) is 121 Å². The predicted molar refractivity (Wildman–Crippen MR) is 148 cm³/mol. The van der Waals surface area contributed by atoms with Gasteiger partial charge >= 0.3 is 0 Å². The van der Waals surface area contributed by atoms with E-state index in [0.29, 0.717) is 5.56 Å². The Balaban J connectivity index is 1.38. The van der Waals surface area contributed by atoms with E-state index in [-0.39, 0.29) is 35.8 Å². The van der Waals surface area contributed by atoms with Gasteiger partial charge in [0.1, 0.15) is 11.2 Å². The quantitative estimate of drug-likeness (QED) is 0.239. The Morgan fingerprint density at radius 1 is 0.486 bits per heavy atom. The van der Waals surface area contributed by atoms with E-state index in [9.17, 15) is 0 Å². The molecule has 8 rings (SSSR count). The molecule has 35 heavy (non-hydrogen) atoms. The minimum atomic E-state index is -0.384. The average Bonchev–Trinajstić information content (AvgIpc) is 3.35.